The summed E-state index contributed by atoms with van der Waals surface area (Å²) in [7, 11) is 0. The lowest BCUT2D eigenvalue weighted by molar-refractivity contribution is 1.30. The molecule has 3 heterocycles. The number of thiazole rings is 1. The Morgan fingerprint density at radius 2 is 2.15 bits per heavy atom. The Labute approximate surface area is 124 Å². The van der Waals surface area contributed by atoms with Crippen molar-refractivity contribution < 1.29 is 0 Å². The largest absolute Gasteiger partial charge is 0.264 e. The average Bonchev–Trinajstić information content (AvgIpc) is 2.90. The Balaban J connectivity index is 2.08. The molecule has 3 rings (SSSR count). The molecule has 3 aromatic rings. The summed E-state index contributed by atoms with van der Waals surface area (Å²) in [6, 6.07) is 9.21. The second-order valence-corrected chi connectivity index (χ2v) is 5.28. The Bertz CT molecular complexity index is 792. The summed E-state index contributed by atoms with van der Waals surface area (Å²) in [6.45, 7) is 0. The molecule has 0 aliphatic rings. The van der Waals surface area contributed by atoms with Crippen molar-refractivity contribution in [3.63, 3.8) is 0 Å². The zero-order chi connectivity index (χ0) is 13.9. The van der Waals surface area contributed by atoms with Gasteiger partial charge in [-0.15, -0.1) is 11.3 Å². The fraction of sp³-hybridized carbons (Fsp3) is 0. The molecule has 0 aliphatic heterocycles. The van der Waals surface area contributed by atoms with Crippen LogP contribution in [0.4, 0.5) is 0 Å². The smallest absolute Gasteiger partial charge is 0.150 e. The van der Waals surface area contributed by atoms with E-state index in [0.717, 1.165) is 15.4 Å². The standard InChI is InChI=1S/C14H7ClN4S/c15-13-12(11-6-9(7-16)3-5-18-11)20-14(19-13)10-2-1-4-17-8-10/h1-6,8H. The first-order valence-corrected chi connectivity index (χ1v) is 6.90. The maximum absolute atomic E-state index is 8.93. The molecule has 4 nitrogen and oxygen atoms in total. The second kappa shape index (κ2) is 5.37. The lowest BCUT2D eigenvalue weighted by atomic mass is 10.2. The highest BCUT2D eigenvalue weighted by molar-refractivity contribution is 7.19. The summed E-state index contributed by atoms with van der Waals surface area (Å²) in [5.41, 5.74) is 2.10. The third-order valence-corrected chi connectivity index (χ3v) is 4.13. The molecule has 3 aromatic heterocycles. The lowest BCUT2D eigenvalue weighted by Crippen LogP contribution is -1.82. The van der Waals surface area contributed by atoms with Gasteiger partial charge < -0.3 is 0 Å². The van der Waals surface area contributed by atoms with Crippen molar-refractivity contribution >= 4 is 22.9 Å². The number of nitriles is 1. The van der Waals surface area contributed by atoms with Gasteiger partial charge in [0, 0.05) is 24.2 Å². The maximum Gasteiger partial charge on any atom is 0.150 e. The molecule has 20 heavy (non-hydrogen) atoms. The molecule has 6 heteroatoms. The van der Waals surface area contributed by atoms with Gasteiger partial charge in [0.25, 0.3) is 0 Å². The van der Waals surface area contributed by atoms with Gasteiger partial charge >= 0.3 is 0 Å². The summed E-state index contributed by atoms with van der Waals surface area (Å²) in [5.74, 6) is 0. The van der Waals surface area contributed by atoms with Crippen molar-refractivity contribution in [1.29, 1.82) is 5.26 Å². The van der Waals surface area contributed by atoms with Gasteiger partial charge in [-0.25, -0.2) is 4.98 Å². The van der Waals surface area contributed by atoms with Crippen LogP contribution in [0.15, 0.2) is 42.9 Å². The van der Waals surface area contributed by atoms with E-state index in [0.29, 0.717) is 16.4 Å². The predicted molar refractivity (Wildman–Crippen MR) is 78.3 cm³/mol. The van der Waals surface area contributed by atoms with Crippen LogP contribution in [0, 0.1) is 11.3 Å². The molecule has 0 bridgehead atoms. The quantitative estimate of drug-likeness (QED) is 0.722. The van der Waals surface area contributed by atoms with Gasteiger partial charge in [-0.05, 0) is 24.3 Å². The molecule has 0 fully saturated rings. The average molecular weight is 299 g/mol. The molecule has 0 aliphatic carbocycles. The van der Waals surface area contributed by atoms with E-state index in [4.69, 9.17) is 16.9 Å². The molecule has 0 saturated carbocycles. The Morgan fingerprint density at radius 3 is 2.90 bits per heavy atom. The summed E-state index contributed by atoms with van der Waals surface area (Å²) in [4.78, 5) is 13.4. The first-order chi connectivity index (χ1) is 9.78. The molecular weight excluding hydrogens is 292 g/mol. The maximum atomic E-state index is 8.93. The van der Waals surface area contributed by atoms with Crippen LogP contribution < -0.4 is 0 Å². The first-order valence-electron chi connectivity index (χ1n) is 5.71. The van der Waals surface area contributed by atoms with Crippen LogP contribution in [0.2, 0.25) is 5.15 Å². The van der Waals surface area contributed by atoms with Gasteiger partial charge in [0.15, 0.2) is 0 Å². The molecule has 0 unspecified atom stereocenters. The van der Waals surface area contributed by atoms with Gasteiger partial charge in [-0.1, -0.05) is 11.6 Å². The molecule has 0 N–H and O–H groups in total. The molecule has 0 spiro atoms. The highest BCUT2D eigenvalue weighted by atomic mass is 35.5. The number of rotatable bonds is 2. The third kappa shape index (κ3) is 2.39. The number of nitrogens with zero attached hydrogens (tertiary/aromatic N) is 4. The van der Waals surface area contributed by atoms with Crippen LogP contribution in [0.25, 0.3) is 21.1 Å². The topological polar surface area (TPSA) is 62.5 Å². The minimum absolute atomic E-state index is 0.386. The normalized spacial score (nSPS) is 10.2. The van der Waals surface area contributed by atoms with Gasteiger partial charge in [-0.3, -0.25) is 9.97 Å². The third-order valence-electron chi connectivity index (χ3n) is 2.62. The van der Waals surface area contributed by atoms with Crippen LogP contribution >= 0.6 is 22.9 Å². The zero-order valence-electron chi connectivity index (χ0n) is 10.1. The van der Waals surface area contributed by atoms with Gasteiger partial charge in [0.05, 0.1) is 22.2 Å². The van der Waals surface area contributed by atoms with Gasteiger partial charge in [-0.2, -0.15) is 5.26 Å². The molecule has 96 valence electrons. The van der Waals surface area contributed by atoms with Crippen molar-refractivity contribution in [2.75, 3.05) is 0 Å². The molecule has 0 atom stereocenters. The van der Waals surface area contributed by atoms with Crippen LogP contribution in [0.3, 0.4) is 0 Å². The number of hydrogen-bond donors (Lipinski definition) is 0. The van der Waals surface area contributed by atoms with E-state index in [1.54, 1.807) is 30.7 Å². The lowest BCUT2D eigenvalue weighted by Gasteiger charge is -1.96. The Kier molecular flexibility index (Phi) is 3.42. The van der Waals surface area contributed by atoms with Crippen molar-refractivity contribution in [1.82, 2.24) is 15.0 Å². The highest BCUT2D eigenvalue weighted by Gasteiger charge is 2.14. The Morgan fingerprint density at radius 1 is 1.25 bits per heavy atom. The number of hydrogen-bond acceptors (Lipinski definition) is 5. The van der Waals surface area contributed by atoms with E-state index in [2.05, 4.69) is 21.0 Å². The summed E-state index contributed by atoms with van der Waals surface area (Å²) in [6.07, 6.45) is 5.03. The van der Waals surface area contributed by atoms with Crippen LogP contribution in [0.5, 0.6) is 0 Å². The minimum atomic E-state index is 0.386. The zero-order valence-corrected chi connectivity index (χ0v) is 11.7. The summed E-state index contributed by atoms with van der Waals surface area (Å²) >= 11 is 7.61. The van der Waals surface area contributed by atoms with Gasteiger partial charge in [0.2, 0.25) is 0 Å². The molecule has 0 aromatic carbocycles. The van der Waals surface area contributed by atoms with E-state index in [9.17, 15) is 0 Å². The van der Waals surface area contributed by atoms with Crippen molar-refractivity contribution in [3.8, 4) is 27.2 Å². The molecule has 0 saturated heterocycles. The first kappa shape index (κ1) is 12.7. The van der Waals surface area contributed by atoms with Gasteiger partial charge in [0.1, 0.15) is 10.2 Å². The number of aromatic nitrogens is 3. The molecule has 0 amide bonds. The van der Waals surface area contributed by atoms with Crippen LogP contribution in [0.1, 0.15) is 5.56 Å². The van der Waals surface area contributed by atoms with E-state index in [1.165, 1.54) is 11.3 Å². The van der Waals surface area contributed by atoms with Crippen molar-refractivity contribution in [3.05, 3.63) is 53.6 Å². The van der Waals surface area contributed by atoms with Crippen LogP contribution in [-0.2, 0) is 0 Å². The van der Waals surface area contributed by atoms with Crippen LogP contribution in [-0.4, -0.2) is 15.0 Å². The van der Waals surface area contributed by atoms with E-state index in [1.807, 2.05) is 12.1 Å². The number of halogens is 1. The van der Waals surface area contributed by atoms with E-state index in [-0.39, 0.29) is 0 Å². The van der Waals surface area contributed by atoms with Crippen molar-refractivity contribution in [2.45, 2.75) is 0 Å². The fourth-order valence-electron chi connectivity index (χ4n) is 1.70. The minimum Gasteiger partial charge on any atom is -0.264 e. The fourth-order valence-corrected chi connectivity index (χ4v) is 2.96. The monoisotopic (exact) mass is 298 g/mol. The van der Waals surface area contributed by atoms with E-state index < -0.39 is 0 Å². The SMILES string of the molecule is N#Cc1ccnc(-c2sc(-c3cccnc3)nc2Cl)c1. The van der Waals surface area contributed by atoms with E-state index >= 15 is 0 Å². The molecular formula is C14H7ClN4S. The highest BCUT2D eigenvalue weighted by Crippen LogP contribution is 2.37. The summed E-state index contributed by atoms with van der Waals surface area (Å²) in [5, 5.41) is 10.1. The Hall–Kier alpha value is -2.29. The molecule has 0 radical (unpaired) electrons. The summed E-state index contributed by atoms with van der Waals surface area (Å²) < 4.78 is 0. The van der Waals surface area contributed by atoms with Crippen molar-refractivity contribution in [2.24, 2.45) is 0 Å². The number of pyridine rings is 2. The second-order valence-electron chi connectivity index (χ2n) is 3.92. The predicted octanol–water partition coefficient (Wildman–Crippen LogP) is 3.79.